The van der Waals surface area contributed by atoms with Crippen molar-refractivity contribution in [3.63, 3.8) is 0 Å². The van der Waals surface area contributed by atoms with Gasteiger partial charge in [-0.1, -0.05) is 125 Å². The Morgan fingerprint density at radius 3 is 1.20 bits per heavy atom. The van der Waals surface area contributed by atoms with Crippen LogP contribution in [0.4, 0.5) is 0 Å². The number of carboxylic acid groups (broad SMARTS) is 2. The summed E-state index contributed by atoms with van der Waals surface area (Å²) in [7, 11) is 0. The number of carbonyl (C=O) groups is 2. The number of rotatable bonds is 26. The molecule has 0 aliphatic rings. The number of carboxylic acids is 2. The summed E-state index contributed by atoms with van der Waals surface area (Å²) in [5.74, 6) is -1.35. The van der Waals surface area contributed by atoms with E-state index in [-0.39, 0.29) is 0 Å². The van der Waals surface area contributed by atoms with E-state index < -0.39 is 11.9 Å². The topological polar surface area (TPSA) is 74.6 Å². The number of unbranched alkanes of at least 4 members (excludes halogenated alkanes) is 12. The lowest BCUT2D eigenvalue weighted by atomic mass is 10.1. The lowest BCUT2D eigenvalue weighted by Crippen LogP contribution is -1.93. The van der Waals surface area contributed by atoms with Gasteiger partial charge in [0.05, 0.1) is 0 Å². The maximum Gasteiger partial charge on any atom is 0.303 e. The predicted octanol–water partition coefficient (Wildman–Crippen LogP) is 11.3. The summed E-state index contributed by atoms with van der Waals surface area (Å²) in [6, 6.07) is 0. The van der Waals surface area contributed by atoms with Crippen molar-refractivity contribution in [1.29, 1.82) is 0 Å². The highest BCUT2D eigenvalue weighted by Gasteiger charge is 1.96. The molecule has 40 heavy (non-hydrogen) atoms. The number of hydrogen-bond acceptors (Lipinski definition) is 2. The molecule has 2 N–H and O–H groups in total. The molecule has 0 atom stereocenters. The van der Waals surface area contributed by atoms with E-state index in [4.69, 9.17) is 10.2 Å². The summed E-state index contributed by atoms with van der Waals surface area (Å²) in [6.45, 7) is 4.29. The van der Waals surface area contributed by atoms with Crippen LogP contribution in [0.5, 0.6) is 0 Å². The van der Waals surface area contributed by atoms with Crippen molar-refractivity contribution in [3.05, 3.63) is 72.9 Å². The average Bonchev–Trinajstić information content (AvgIpc) is 2.93. The lowest BCUT2D eigenvalue weighted by molar-refractivity contribution is -0.138. The van der Waals surface area contributed by atoms with Gasteiger partial charge in [-0.3, -0.25) is 9.59 Å². The van der Waals surface area contributed by atoms with Crippen LogP contribution in [-0.4, -0.2) is 22.2 Å². The van der Waals surface area contributed by atoms with Gasteiger partial charge in [0.15, 0.2) is 0 Å². The van der Waals surface area contributed by atoms with Crippen molar-refractivity contribution in [2.24, 2.45) is 0 Å². The van der Waals surface area contributed by atoms with E-state index in [1.165, 1.54) is 25.7 Å². The van der Waals surface area contributed by atoms with Crippen LogP contribution in [-0.2, 0) is 9.59 Å². The fourth-order valence-corrected chi connectivity index (χ4v) is 3.78. The van der Waals surface area contributed by atoms with Crippen LogP contribution < -0.4 is 0 Å². The van der Waals surface area contributed by atoms with Gasteiger partial charge in [-0.25, -0.2) is 0 Å². The van der Waals surface area contributed by atoms with Crippen LogP contribution in [0, 0.1) is 0 Å². The Hall–Kier alpha value is -2.62. The number of hydrogen-bond donors (Lipinski definition) is 2. The van der Waals surface area contributed by atoms with E-state index in [2.05, 4.69) is 86.8 Å². The molecule has 0 fully saturated rings. The Morgan fingerprint density at radius 1 is 0.400 bits per heavy atom. The molecule has 0 aromatic carbocycles. The first kappa shape index (κ1) is 39.5. The van der Waals surface area contributed by atoms with Gasteiger partial charge in [-0.2, -0.15) is 0 Å². The number of allylic oxidation sites excluding steroid dienone is 12. The van der Waals surface area contributed by atoms with Crippen molar-refractivity contribution < 1.29 is 19.8 Å². The van der Waals surface area contributed by atoms with Crippen LogP contribution in [0.1, 0.15) is 142 Å². The molecule has 0 aromatic heterocycles. The molecule has 4 heteroatoms. The first-order valence-electron chi connectivity index (χ1n) is 15.9. The highest BCUT2D eigenvalue weighted by molar-refractivity contribution is 5.66. The van der Waals surface area contributed by atoms with Gasteiger partial charge in [0.1, 0.15) is 0 Å². The van der Waals surface area contributed by atoms with Crippen LogP contribution in [0.3, 0.4) is 0 Å². The molecule has 0 aromatic rings. The van der Waals surface area contributed by atoms with Gasteiger partial charge in [0.25, 0.3) is 0 Å². The van der Waals surface area contributed by atoms with Gasteiger partial charge in [0, 0.05) is 12.8 Å². The average molecular weight is 557 g/mol. The zero-order valence-electron chi connectivity index (χ0n) is 25.8. The van der Waals surface area contributed by atoms with Crippen LogP contribution in [0.25, 0.3) is 0 Å². The zero-order chi connectivity index (χ0) is 29.8. The Balaban J connectivity index is 0. The molecule has 0 radical (unpaired) electrons. The van der Waals surface area contributed by atoms with E-state index >= 15 is 0 Å². The molecule has 0 unspecified atom stereocenters. The molecule has 0 aliphatic carbocycles. The third-order valence-electron chi connectivity index (χ3n) is 6.09. The second kappa shape index (κ2) is 36.4. The van der Waals surface area contributed by atoms with Crippen molar-refractivity contribution in [2.45, 2.75) is 142 Å². The van der Waals surface area contributed by atoms with Crippen molar-refractivity contribution in [1.82, 2.24) is 0 Å². The summed E-state index contributed by atoms with van der Waals surface area (Å²) in [6.07, 6.45) is 46.8. The Morgan fingerprint density at radius 2 is 0.725 bits per heavy atom. The maximum atomic E-state index is 10.3. The molecular weight excluding hydrogens is 496 g/mol. The quantitative estimate of drug-likeness (QED) is 0.0631. The first-order chi connectivity index (χ1) is 19.5. The molecule has 0 bridgehead atoms. The highest BCUT2D eigenvalue weighted by Crippen LogP contribution is 2.09. The van der Waals surface area contributed by atoms with E-state index in [1.54, 1.807) is 0 Å². The summed E-state index contributed by atoms with van der Waals surface area (Å²) in [4.78, 5) is 20.6. The van der Waals surface area contributed by atoms with E-state index in [0.29, 0.717) is 12.8 Å². The fraction of sp³-hybridized carbons (Fsp3) is 0.611. The SMILES string of the molecule is CC/C=C\C=C\CC/C=C\CCCCCCCC(=O)O.CC/C=C\CC/C=C/C=C\CCCCCCCC(=O)O. The van der Waals surface area contributed by atoms with E-state index in [9.17, 15) is 9.59 Å². The minimum Gasteiger partial charge on any atom is -0.481 e. The van der Waals surface area contributed by atoms with E-state index in [0.717, 1.165) is 89.9 Å². The van der Waals surface area contributed by atoms with Crippen LogP contribution in [0.15, 0.2) is 72.9 Å². The van der Waals surface area contributed by atoms with Gasteiger partial charge in [0.2, 0.25) is 0 Å². The smallest absolute Gasteiger partial charge is 0.303 e. The van der Waals surface area contributed by atoms with Crippen molar-refractivity contribution >= 4 is 11.9 Å². The Labute approximate surface area is 246 Å². The van der Waals surface area contributed by atoms with Crippen molar-refractivity contribution in [2.75, 3.05) is 0 Å². The predicted molar refractivity (Wildman–Crippen MR) is 174 cm³/mol. The number of aliphatic carboxylic acids is 2. The lowest BCUT2D eigenvalue weighted by Gasteiger charge is -1.98. The fourth-order valence-electron chi connectivity index (χ4n) is 3.78. The molecule has 0 heterocycles. The molecule has 4 nitrogen and oxygen atoms in total. The summed E-state index contributed by atoms with van der Waals surface area (Å²) in [5.41, 5.74) is 0. The summed E-state index contributed by atoms with van der Waals surface area (Å²) in [5, 5.41) is 17.0. The third-order valence-corrected chi connectivity index (χ3v) is 6.09. The molecule has 0 amide bonds. The zero-order valence-corrected chi connectivity index (χ0v) is 25.8. The van der Waals surface area contributed by atoms with Gasteiger partial charge in [-0.15, -0.1) is 0 Å². The third kappa shape index (κ3) is 42.5. The standard InChI is InChI=1S/2C18H30O2/c2*1-2-3-4-5-6-7-8-9-10-11-12-13-14-15-16-17-18(19)20/h3-4,7-10H,2,5-6,11-17H2,1H3,(H,19,20);3-6,9-10H,2,7-8,11-17H2,1H3,(H,19,20)/b4-3-,8-7+,10-9-;4-3-,6-5+,10-9-. The monoisotopic (exact) mass is 556 g/mol. The largest absolute Gasteiger partial charge is 0.481 e. The first-order valence-corrected chi connectivity index (χ1v) is 15.9. The molecular formula is C36H60O4. The van der Waals surface area contributed by atoms with E-state index in [1.807, 2.05) is 0 Å². The molecule has 228 valence electrons. The maximum absolute atomic E-state index is 10.3. The molecule has 0 aliphatic heterocycles. The van der Waals surface area contributed by atoms with Crippen molar-refractivity contribution in [3.8, 4) is 0 Å². The second-order valence-corrected chi connectivity index (χ2v) is 10.0. The molecule has 0 rings (SSSR count). The summed E-state index contributed by atoms with van der Waals surface area (Å²) >= 11 is 0. The van der Waals surface area contributed by atoms with Gasteiger partial charge in [-0.05, 0) is 77.0 Å². The minimum atomic E-state index is -0.676. The van der Waals surface area contributed by atoms with Crippen LogP contribution >= 0.6 is 0 Å². The van der Waals surface area contributed by atoms with Crippen LogP contribution in [0.2, 0.25) is 0 Å². The minimum absolute atomic E-state index is 0.318. The Kier molecular flexibility index (Phi) is 35.9. The normalized spacial score (nSPS) is 12.1. The Bertz CT molecular complexity index is 725. The molecule has 0 spiro atoms. The summed E-state index contributed by atoms with van der Waals surface area (Å²) < 4.78 is 0. The highest BCUT2D eigenvalue weighted by atomic mass is 16.4. The van der Waals surface area contributed by atoms with Gasteiger partial charge >= 0.3 is 11.9 Å². The van der Waals surface area contributed by atoms with Gasteiger partial charge < -0.3 is 10.2 Å². The molecule has 0 saturated heterocycles. The molecule has 0 saturated carbocycles. The second-order valence-electron chi connectivity index (χ2n) is 10.0.